The number of rotatable bonds is 3. The van der Waals surface area contributed by atoms with Gasteiger partial charge in [-0.1, -0.05) is 12.1 Å². The van der Waals surface area contributed by atoms with E-state index in [1.54, 1.807) is 23.4 Å². The Morgan fingerprint density at radius 1 is 0.862 bits per heavy atom. The number of anilines is 3. The van der Waals surface area contributed by atoms with E-state index < -0.39 is 11.8 Å². The third-order valence-electron chi connectivity index (χ3n) is 5.10. The summed E-state index contributed by atoms with van der Waals surface area (Å²) < 4.78 is 5.40. The summed E-state index contributed by atoms with van der Waals surface area (Å²) in [6.45, 7) is 4.90. The van der Waals surface area contributed by atoms with Gasteiger partial charge in [-0.15, -0.1) is 0 Å². The van der Waals surface area contributed by atoms with E-state index in [1.807, 2.05) is 29.2 Å². The molecule has 2 fully saturated rings. The smallest absolute Gasteiger partial charge is 0.313 e. The fourth-order valence-corrected chi connectivity index (χ4v) is 3.54. The van der Waals surface area contributed by atoms with Gasteiger partial charge in [0, 0.05) is 51.7 Å². The number of carbonyl (C=O) groups is 2. The van der Waals surface area contributed by atoms with Crippen LogP contribution in [0.25, 0.3) is 0 Å². The fourth-order valence-electron chi connectivity index (χ4n) is 3.54. The van der Waals surface area contributed by atoms with Gasteiger partial charge in [-0.3, -0.25) is 9.59 Å². The van der Waals surface area contributed by atoms with Crippen LogP contribution in [0.1, 0.15) is 0 Å². The van der Waals surface area contributed by atoms with E-state index in [-0.39, 0.29) is 0 Å². The van der Waals surface area contributed by atoms with Gasteiger partial charge in [-0.2, -0.15) is 0 Å². The summed E-state index contributed by atoms with van der Waals surface area (Å²) in [5, 5.41) is 2.80. The minimum atomic E-state index is -0.616. The molecule has 2 aromatic rings. The molecule has 2 aliphatic heterocycles. The number of aromatic nitrogens is 2. The largest absolute Gasteiger partial charge is 0.378 e. The van der Waals surface area contributed by atoms with Crippen molar-refractivity contribution in [2.45, 2.75) is 0 Å². The van der Waals surface area contributed by atoms with E-state index in [1.165, 1.54) is 0 Å². The van der Waals surface area contributed by atoms with Crippen LogP contribution in [-0.2, 0) is 14.3 Å². The zero-order chi connectivity index (χ0) is 20.1. The van der Waals surface area contributed by atoms with Crippen molar-refractivity contribution >= 4 is 29.1 Å². The molecule has 0 saturated carbocycles. The van der Waals surface area contributed by atoms with Crippen molar-refractivity contribution in [1.29, 1.82) is 0 Å². The van der Waals surface area contributed by atoms with Gasteiger partial charge in [-0.25, -0.2) is 9.97 Å². The SMILES string of the molecule is O=C(Nc1ccccc1N1CCOCC1)C(=O)N1CCN(c2ncccn2)CC1. The van der Waals surface area contributed by atoms with Gasteiger partial charge < -0.3 is 24.8 Å². The monoisotopic (exact) mass is 396 g/mol. The van der Waals surface area contributed by atoms with E-state index in [4.69, 9.17) is 4.74 Å². The molecule has 2 aliphatic rings. The molecule has 3 heterocycles. The first-order valence-electron chi connectivity index (χ1n) is 9.76. The highest BCUT2D eigenvalue weighted by molar-refractivity contribution is 6.39. The molecule has 0 atom stereocenters. The molecule has 1 aromatic carbocycles. The first-order chi connectivity index (χ1) is 14.2. The summed E-state index contributed by atoms with van der Waals surface area (Å²) in [5.41, 5.74) is 1.55. The molecular weight excluding hydrogens is 372 g/mol. The van der Waals surface area contributed by atoms with E-state index >= 15 is 0 Å². The number of carbonyl (C=O) groups excluding carboxylic acids is 2. The molecule has 1 N–H and O–H groups in total. The van der Waals surface area contributed by atoms with Crippen molar-refractivity contribution in [3.8, 4) is 0 Å². The molecule has 0 unspecified atom stereocenters. The quantitative estimate of drug-likeness (QED) is 0.760. The van der Waals surface area contributed by atoms with Crippen LogP contribution in [0.5, 0.6) is 0 Å². The predicted molar refractivity (Wildman–Crippen MR) is 109 cm³/mol. The van der Waals surface area contributed by atoms with E-state index in [0.717, 1.165) is 18.8 Å². The van der Waals surface area contributed by atoms with Crippen LogP contribution in [0, 0.1) is 0 Å². The molecule has 2 saturated heterocycles. The lowest BCUT2D eigenvalue weighted by Crippen LogP contribution is -2.52. The van der Waals surface area contributed by atoms with Crippen molar-refractivity contribution in [2.75, 3.05) is 67.6 Å². The van der Waals surface area contributed by atoms with Crippen LogP contribution in [0.3, 0.4) is 0 Å². The zero-order valence-electron chi connectivity index (χ0n) is 16.2. The molecule has 2 amide bonds. The highest BCUT2D eigenvalue weighted by atomic mass is 16.5. The van der Waals surface area contributed by atoms with Gasteiger partial charge >= 0.3 is 11.8 Å². The Bertz CT molecular complexity index is 848. The van der Waals surface area contributed by atoms with Gasteiger partial charge in [0.25, 0.3) is 0 Å². The molecule has 9 nitrogen and oxygen atoms in total. The number of para-hydroxylation sites is 2. The van der Waals surface area contributed by atoms with Gasteiger partial charge in [0.2, 0.25) is 5.95 Å². The standard InChI is InChI=1S/C20H24N6O3/c27-18(23-16-4-1-2-5-17(16)24-12-14-29-15-13-24)19(28)25-8-10-26(11-9-25)20-21-6-3-7-22-20/h1-7H,8-15H2,(H,23,27). The molecule has 0 radical (unpaired) electrons. The van der Waals surface area contributed by atoms with Crippen LogP contribution in [0.2, 0.25) is 0 Å². The number of ether oxygens (including phenoxy) is 1. The minimum Gasteiger partial charge on any atom is -0.378 e. The minimum absolute atomic E-state index is 0.454. The summed E-state index contributed by atoms with van der Waals surface area (Å²) >= 11 is 0. The Hall–Kier alpha value is -3.20. The van der Waals surface area contributed by atoms with E-state index in [0.29, 0.717) is 51.0 Å². The molecule has 152 valence electrons. The van der Waals surface area contributed by atoms with Crippen LogP contribution in [0.15, 0.2) is 42.7 Å². The van der Waals surface area contributed by atoms with Crippen molar-refractivity contribution in [3.63, 3.8) is 0 Å². The maximum absolute atomic E-state index is 12.7. The molecule has 0 bridgehead atoms. The Balaban J connectivity index is 1.36. The first kappa shape index (κ1) is 19.1. The van der Waals surface area contributed by atoms with Gasteiger partial charge in [0.15, 0.2) is 0 Å². The molecular formula is C20H24N6O3. The summed E-state index contributed by atoms with van der Waals surface area (Å²) in [6.07, 6.45) is 3.39. The number of nitrogens with zero attached hydrogens (tertiary/aromatic N) is 5. The lowest BCUT2D eigenvalue weighted by atomic mass is 10.2. The number of nitrogens with one attached hydrogen (secondary N) is 1. The average molecular weight is 396 g/mol. The molecule has 0 aliphatic carbocycles. The predicted octanol–water partition coefficient (Wildman–Crippen LogP) is 0.600. The van der Waals surface area contributed by atoms with Crippen molar-refractivity contribution in [3.05, 3.63) is 42.7 Å². The lowest BCUT2D eigenvalue weighted by Gasteiger charge is -2.34. The Kier molecular flexibility index (Phi) is 5.85. The first-order valence-corrected chi connectivity index (χ1v) is 9.76. The van der Waals surface area contributed by atoms with E-state index in [9.17, 15) is 9.59 Å². The number of hydrogen-bond donors (Lipinski definition) is 1. The van der Waals surface area contributed by atoms with E-state index in [2.05, 4.69) is 20.2 Å². The van der Waals surface area contributed by atoms with Crippen LogP contribution >= 0.6 is 0 Å². The average Bonchev–Trinajstić information content (AvgIpc) is 2.80. The van der Waals surface area contributed by atoms with Crippen molar-refractivity contribution in [2.24, 2.45) is 0 Å². The number of amides is 2. The number of piperazine rings is 1. The van der Waals surface area contributed by atoms with Crippen molar-refractivity contribution < 1.29 is 14.3 Å². The van der Waals surface area contributed by atoms with Crippen LogP contribution in [0.4, 0.5) is 17.3 Å². The van der Waals surface area contributed by atoms with Crippen molar-refractivity contribution in [1.82, 2.24) is 14.9 Å². The summed E-state index contributed by atoms with van der Waals surface area (Å²) in [7, 11) is 0. The van der Waals surface area contributed by atoms with Gasteiger partial charge in [0.05, 0.1) is 24.6 Å². The number of hydrogen-bond acceptors (Lipinski definition) is 7. The molecule has 29 heavy (non-hydrogen) atoms. The highest BCUT2D eigenvalue weighted by Crippen LogP contribution is 2.26. The fraction of sp³-hybridized carbons (Fsp3) is 0.400. The second-order valence-electron chi connectivity index (χ2n) is 6.90. The molecule has 4 rings (SSSR count). The van der Waals surface area contributed by atoms with Crippen LogP contribution < -0.4 is 15.1 Å². The van der Waals surface area contributed by atoms with Crippen LogP contribution in [-0.4, -0.2) is 79.2 Å². The summed E-state index contributed by atoms with van der Waals surface area (Å²) in [5.74, 6) is -0.492. The number of morpholine rings is 1. The third-order valence-corrected chi connectivity index (χ3v) is 5.10. The second-order valence-corrected chi connectivity index (χ2v) is 6.90. The van der Waals surface area contributed by atoms with Gasteiger partial charge in [-0.05, 0) is 18.2 Å². The number of benzene rings is 1. The topological polar surface area (TPSA) is 90.9 Å². The molecule has 1 aromatic heterocycles. The lowest BCUT2D eigenvalue weighted by molar-refractivity contribution is -0.143. The molecule has 0 spiro atoms. The maximum atomic E-state index is 12.7. The summed E-state index contributed by atoms with van der Waals surface area (Å²) in [4.78, 5) is 39.5. The Morgan fingerprint density at radius 3 is 2.28 bits per heavy atom. The normalized spacial score (nSPS) is 17.2. The summed E-state index contributed by atoms with van der Waals surface area (Å²) in [6, 6.07) is 9.31. The molecule has 9 heteroatoms. The Morgan fingerprint density at radius 2 is 1.55 bits per heavy atom. The maximum Gasteiger partial charge on any atom is 0.313 e. The zero-order valence-corrected chi connectivity index (χ0v) is 16.2. The van der Waals surface area contributed by atoms with Gasteiger partial charge in [0.1, 0.15) is 0 Å². The second kappa shape index (κ2) is 8.87. The third kappa shape index (κ3) is 4.45. The Labute approximate surface area is 169 Å². The highest BCUT2D eigenvalue weighted by Gasteiger charge is 2.27.